The maximum Gasteiger partial charge on any atom is 0.128 e. The molecule has 0 bridgehead atoms. The molecular formula is C40H36O2P2S2. The molecule has 0 saturated heterocycles. The van der Waals surface area contributed by atoms with E-state index < -0.39 is 12.1 Å². The zero-order valence-electron chi connectivity index (χ0n) is 25.5. The van der Waals surface area contributed by atoms with E-state index in [1.807, 2.05) is 48.5 Å². The second-order valence-corrected chi connectivity index (χ2v) is 20.7. The van der Waals surface area contributed by atoms with Crippen molar-refractivity contribution in [3.8, 4) is 11.5 Å². The van der Waals surface area contributed by atoms with Crippen molar-refractivity contribution < 1.29 is 9.47 Å². The minimum atomic E-state index is -2.37. The van der Waals surface area contributed by atoms with E-state index in [0.29, 0.717) is 13.2 Å². The fraction of sp³-hybridized carbons (Fsp3) is 0.100. The molecule has 0 saturated carbocycles. The average Bonchev–Trinajstić information content (AvgIpc) is 3.14. The Hall–Kier alpha value is -3.78. The predicted octanol–water partition coefficient (Wildman–Crippen LogP) is 8.41. The van der Waals surface area contributed by atoms with Crippen molar-refractivity contribution in [1.82, 2.24) is 0 Å². The van der Waals surface area contributed by atoms with Crippen LogP contribution in [-0.4, -0.2) is 12.3 Å². The maximum absolute atomic E-state index is 6.84. The van der Waals surface area contributed by atoms with E-state index in [9.17, 15) is 0 Å². The zero-order chi connectivity index (χ0) is 31.7. The van der Waals surface area contributed by atoms with Gasteiger partial charge in [-0.25, -0.2) is 0 Å². The Morgan fingerprint density at radius 1 is 0.370 bits per heavy atom. The van der Waals surface area contributed by atoms with E-state index in [1.165, 1.54) is 10.6 Å². The highest BCUT2D eigenvalue weighted by Gasteiger charge is 2.32. The summed E-state index contributed by atoms with van der Waals surface area (Å²) in [4.78, 5) is 0. The first kappa shape index (κ1) is 32.2. The summed E-state index contributed by atoms with van der Waals surface area (Å²) in [6, 6.07) is 53.6. The molecule has 2 nitrogen and oxygen atoms in total. The third-order valence-corrected chi connectivity index (χ3v) is 18.2. The second kappa shape index (κ2) is 15.2. The van der Waals surface area contributed by atoms with E-state index in [-0.39, 0.29) is 0 Å². The highest BCUT2D eigenvalue weighted by molar-refractivity contribution is 8.24. The summed E-state index contributed by atoms with van der Waals surface area (Å²) in [6.45, 7) is 0.964. The molecule has 0 amide bonds. The van der Waals surface area contributed by atoms with E-state index in [1.54, 1.807) is 0 Å². The van der Waals surface area contributed by atoms with Gasteiger partial charge in [-0.1, -0.05) is 169 Å². The molecule has 230 valence electrons. The van der Waals surface area contributed by atoms with E-state index in [4.69, 9.17) is 33.1 Å². The van der Waals surface area contributed by atoms with Gasteiger partial charge in [0.25, 0.3) is 0 Å². The molecule has 0 radical (unpaired) electrons. The SMILES string of the molecule is S=P(CCP(=S)(c1ccccc1)c1ccccc1OCc1ccccc1)(c1ccccc1)c1ccccc1OCc1ccccc1. The van der Waals surface area contributed by atoms with Crippen LogP contribution in [0.3, 0.4) is 0 Å². The molecule has 6 rings (SSSR count). The van der Waals surface area contributed by atoms with Crippen molar-refractivity contribution in [2.24, 2.45) is 0 Å². The van der Waals surface area contributed by atoms with Crippen LogP contribution in [0.1, 0.15) is 11.1 Å². The first-order chi connectivity index (χ1) is 22.6. The molecule has 0 spiro atoms. The Labute approximate surface area is 283 Å². The van der Waals surface area contributed by atoms with Gasteiger partial charge in [-0.2, -0.15) is 0 Å². The number of para-hydroxylation sites is 2. The molecule has 2 unspecified atom stereocenters. The fourth-order valence-electron chi connectivity index (χ4n) is 5.62. The molecule has 6 heteroatoms. The number of hydrogen-bond donors (Lipinski definition) is 0. The van der Waals surface area contributed by atoms with Crippen LogP contribution in [-0.2, 0) is 36.8 Å². The minimum absolute atomic E-state index is 0.482. The summed E-state index contributed by atoms with van der Waals surface area (Å²) in [5.41, 5.74) is 2.24. The largest absolute Gasteiger partial charge is 0.488 e. The van der Waals surface area contributed by atoms with E-state index >= 15 is 0 Å². The van der Waals surface area contributed by atoms with Gasteiger partial charge in [-0.3, -0.25) is 0 Å². The monoisotopic (exact) mass is 674 g/mol. The third kappa shape index (κ3) is 7.43. The number of benzene rings is 6. The first-order valence-electron chi connectivity index (χ1n) is 15.4. The van der Waals surface area contributed by atoms with Gasteiger partial charge in [0.05, 0.1) is 0 Å². The normalized spacial score (nSPS) is 13.7. The van der Waals surface area contributed by atoms with Crippen LogP contribution in [0.25, 0.3) is 0 Å². The molecule has 0 aliphatic carbocycles. The maximum atomic E-state index is 6.84. The molecule has 46 heavy (non-hydrogen) atoms. The molecule has 0 fully saturated rings. The second-order valence-electron chi connectivity index (χ2n) is 11.1. The summed E-state index contributed by atoms with van der Waals surface area (Å²) >= 11 is 13.7. The lowest BCUT2D eigenvalue weighted by molar-refractivity contribution is 0.309. The molecule has 2 atom stereocenters. The number of rotatable bonds is 13. The van der Waals surface area contributed by atoms with Crippen LogP contribution in [0.2, 0.25) is 0 Å². The topological polar surface area (TPSA) is 18.5 Å². The smallest absolute Gasteiger partial charge is 0.128 e. The van der Waals surface area contributed by atoms with Crippen LogP contribution in [0.5, 0.6) is 11.5 Å². The molecule has 0 heterocycles. The summed E-state index contributed by atoms with van der Waals surface area (Å²) in [7, 11) is 0. The Balaban J connectivity index is 1.39. The molecule has 0 aliphatic heterocycles. The van der Waals surface area contributed by atoms with Crippen LogP contribution in [0.4, 0.5) is 0 Å². The van der Waals surface area contributed by atoms with Gasteiger partial charge in [0.15, 0.2) is 0 Å². The lowest BCUT2D eigenvalue weighted by Crippen LogP contribution is -2.26. The Kier molecular flexibility index (Phi) is 10.6. The molecule has 0 aliphatic rings. The summed E-state index contributed by atoms with van der Waals surface area (Å²) in [5, 5.41) is 4.53. The van der Waals surface area contributed by atoms with Crippen LogP contribution in [0, 0.1) is 0 Å². The molecule has 6 aromatic carbocycles. The van der Waals surface area contributed by atoms with Crippen LogP contribution >= 0.6 is 12.1 Å². The highest BCUT2D eigenvalue weighted by atomic mass is 32.4. The Morgan fingerprint density at radius 3 is 1.04 bits per heavy atom. The predicted molar refractivity (Wildman–Crippen MR) is 204 cm³/mol. The standard InChI is InChI=1S/C40H36O2P2S2/c45-43(35-21-9-3-10-22-35,39-27-15-13-25-37(39)41-31-33-17-5-1-6-18-33)29-30-44(46,36-23-11-4-12-24-36)40-28-16-14-26-38(40)42-32-34-19-7-2-8-20-34/h1-28H,29-32H2. The quantitative estimate of drug-likeness (QED) is 0.115. The zero-order valence-corrected chi connectivity index (χ0v) is 28.9. The Morgan fingerprint density at radius 2 is 0.674 bits per heavy atom. The lowest BCUT2D eigenvalue weighted by atomic mass is 10.2. The van der Waals surface area contributed by atoms with Crippen LogP contribution < -0.4 is 30.7 Å². The first-order valence-corrected chi connectivity index (χ1v) is 21.4. The van der Waals surface area contributed by atoms with Gasteiger partial charge in [0.1, 0.15) is 24.7 Å². The summed E-state index contributed by atoms with van der Waals surface area (Å²) in [6.07, 6.45) is 1.52. The van der Waals surface area contributed by atoms with Gasteiger partial charge in [0, 0.05) is 22.7 Å². The fourth-order valence-corrected chi connectivity index (χ4v) is 15.5. The van der Waals surface area contributed by atoms with Gasteiger partial charge >= 0.3 is 0 Å². The molecule has 0 aromatic heterocycles. The molecule has 0 N–H and O–H groups in total. The van der Waals surface area contributed by atoms with Gasteiger partial charge in [0.2, 0.25) is 0 Å². The van der Waals surface area contributed by atoms with Gasteiger partial charge < -0.3 is 9.47 Å². The minimum Gasteiger partial charge on any atom is -0.488 e. The van der Waals surface area contributed by atoms with Gasteiger partial charge in [-0.05, 0) is 58.3 Å². The van der Waals surface area contributed by atoms with Crippen molar-refractivity contribution in [3.63, 3.8) is 0 Å². The molecular weight excluding hydrogens is 639 g/mol. The van der Waals surface area contributed by atoms with Crippen molar-refractivity contribution in [2.45, 2.75) is 13.2 Å². The van der Waals surface area contributed by atoms with Gasteiger partial charge in [-0.15, -0.1) is 0 Å². The Bertz CT molecular complexity index is 1810. The van der Waals surface area contributed by atoms with Crippen molar-refractivity contribution in [3.05, 3.63) is 181 Å². The number of hydrogen-bond acceptors (Lipinski definition) is 4. The third-order valence-electron chi connectivity index (χ3n) is 8.06. The summed E-state index contributed by atoms with van der Waals surface area (Å²) < 4.78 is 13.0. The average molecular weight is 675 g/mol. The summed E-state index contributed by atoms with van der Waals surface area (Å²) in [5.74, 6) is 1.69. The van der Waals surface area contributed by atoms with Crippen molar-refractivity contribution >= 4 is 56.9 Å². The van der Waals surface area contributed by atoms with E-state index in [0.717, 1.165) is 45.6 Å². The number of ether oxygens (including phenoxy) is 2. The lowest BCUT2D eigenvalue weighted by Gasteiger charge is -2.31. The van der Waals surface area contributed by atoms with E-state index in [2.05, 4.69) is 121 Å². The highest BCUT2D eigenvalue weighted by Crippen LogP contribution is 2.53. The molecule has 6 aromatic rings. The van der Waals surface area contributed by atoms with Crippen molar-refractivity contribution in [1.29, 1.82) is 0 Å². The van der Waals surface area contributed by atoms with Crippen molar-refractivity contribution in [2.75, 3.05) is 12.3 Å². The van der Waals surface area contributed by atoms with Crippen LogP contribution in [0.15, 0.2) is 170 Å².